The monoisotopic (exact) mass is 479 g/mol. The van der Waals surface area contributed by atoms with Gasteiger partial charge in [0.05, 0.1) is 17.1 Å². The molecule has 11 heteroatoms. The van der Waals surface area contributed by atoms with Gasteiger partial charge in [0.2, 0.25) is 10.0 Å². The third kappa shape index (κ3) is 6.06. The number of hydrazine groups is 1. The summed E-state index contributed by atoms with van der Waals surface area (Å²) in [4.78, 5) is 24.6. The Hall–Kier alpha value is -3.02. The van der Waals surface area contributed by atoms with Crippen molar-refractivity contribution in [2.75, 3.05) is 13.1 Å². The number of hydrogen-bond acceptors (Lipinski definition) is 6. The molecule has 0 unspecified atom stereocenters. The van der Waals surface area contributed by atoms with Crippen LogP contribution in [0.25, 0.3) is 0 Å². The average molecular weight is 480 g/mol. The molecule has 2 aromatic rings. The molecule has 0 radical (unpaired) electrons. The number of nitrogens with one attached hydrogen (secondary N) is 2. The number of amides is 2. The molecule has 2 N–H and O–H groups in total. The van der Waals surface area contributed by atoms with Crippen LogP contribution in [0.1, 0.15) is 31.1 Å². The molecule has 1 saturated heterocycles. The molecule has 0 aliphatic carbocycles. The molecule has 33 heavy (non-hydrogen) atoms. The van der Waals surface area contributed by atoms with Gasteiger partial charge in [-0.2, -0.15) is 4.31 Å². The van der Waals surface area contributed by atoms with E-state index in [2.05, 4.69) is 10.9 Å². The van der Waals surface area contributed by atoms with Gasteiger partial charge >= 0.3 is 0 Å². The predicted molar refractivity (Wildman–Crippen MR) is 117 cm³/mol. The Morgan fingerprint density at radius 2 is 1.76 bits per heavy atom. The Morgan fingerprint density at radius 3 is 2.42 bits per heavy atom. The number of ether oxygens (including phenoxy) is 2. The second kappa shape index (κ2) is 10.3. The Morgan fingerprint density at radius 1 is 1.09 bits per heavy atom. The number of carbonyl (C=O) groups is 2. The van der Waals surface area contributed by atoms with Gasteiger partial charge in [-0.25, -0.2) is 12.8 Å². The van der Waals surface area contributed by atoms with Crippen molar-refractivity contribution in [2.45, 2.75) is 44.0 Å². The quantitative estimate of drug-likeness (QED) is 0.612. The molecule has 0 bridgehead atoms. The molecule has 178 valence electrons. The molecular formula is C22H26FN3O6S. The summed E-state index contributed by atoms with van der Waals surface area (Å²) in [6.07, 6.45) is -1.60. The fraction of sp³-hybridized carbons (Fsp3) is 0.364. The lowest BCUT2D eigenvalue weighted by atomic mass is 10.2. The summed E-state index contributed by atoms with van der Waals surface area (Å²) in [7, 11) is -3.84. The summed E-state index contributed by atoms with van der Waals surface area (Å²) in [5.74, 6) is -2.16. The molecule has 1 heterocycles. The summed E-state index contributed by atoms with van der Waals surface area (Å²) < 4.78 is 51.9. The van der Waals surface area contributed by atoms with Crippen LogP contribution in [0.2, 0.25) is 0 Å². The van der Waals surface area contributed by atoms with Crippen LogP contribution in [0.3, 0.4) is 0 Å². The Bertz CT molecular complexity index is 1120. The maximum Gasteiger partial charge on any atom is 0.279 e. The number of benzene rings is 2. The van der Waals surface area contributed by atoms with Crippen LogP contribution in [0.15, 0.2) is 53.4 Å². The highest BCUT2D eigenvalue weighted by atomic mass is 32.2. The van der Waals surface area contributed by atoms with Gasteiger partial charge < -0.3 is 9.47 Å². The Balaban J connectivity index is 1.63. The van der Waals surface area contributed by atoms with E-state index in [-0.39, 0.29) is 41.5 Å². The first kappa shape index (κ1) is 24.6. The SMILES string of the molecule is C[C@@H]1CN(S(=O)(=O)c2cccc(C(=O)NNC(=O)[C@@H](C)Oc3ccccc3F)c2)C[C@@H](C)O1. The van der Waals surface area contributed by atoms with Gasteiger partial charge in [-0.3, -0.25) is 20.4 Å². The highest BCUT2D eigenvalue weighted by Crippen LogP contribution is 2.22. The Kier molecular flexibility index (Phi) is 7.67. The van der Waals surface area contributed by atoms with Gasteiger partial charge in [-0.15, -0.1) is 0 Å². The standard InChI is InChI=1S/C22H26FN3O6S/c1-14-12-26(13-15(2)31-14)33(29,30)18-8-6-7-17(11-18)22(28)25-24-21(27)16(3)32-20-10-5-4-9-19(20)23/h4-11,14-16H,12-13H2,1-3H3,(H,24,27)(H,25,28)/t14-,15-,16-/m1/s1. The van der Waals surface area contributed by atoms with E-state index in [1.807, 2.05) is 0 Å². The van der Waals surface area contributed by atoms with Crippen LogP contribution in [0.5, 0.6) is 5.75 Å². The summed E-state index contributed by atoms with van der Waals surface area (Å²) in [5, 5.41) is 0. The Labute approximate surface area is 191 Å². The van der Waals surface area contributed by atoms with Crippen LogP contribution >= 0.6 is 0 Å². The van der Waals surface area contributed by atoms with Gasteiger partial charge in [-0.1, -0.05) is 18.2 Å². The minimum absolute atomic E-state index is 0.0356. The highest BCUT2D eigenvalue weighted by Gasteiger charge is 2.32. The molecule has 3 atom stereocenters. The van der Waals surface area contributed by atoms with E-state index < -0.39 is 33.8 Å². The van der Waals surface area contributed by atoms with Crippen molar-refractivity contribution in [1.82, 2.24) is 15.2 Å². The first-order valence-corrected chi connectivity index (χ1v) is 11.8. The van der Waals surface area contributed by atoms with Crippen LogP contribution in [-0.4, -0.2) is 55.9 Å². The van der Waals surface area contributed by atoms with E-state index in [1.54, 1.807) is 19.9 Å². The number of nitrogens with zero attached hydrogens (tertiary/aromatic N) is 1. The van der Waals surface area contributed by atoms with E-state index in [9.17, 15) is 22.4 Å². The van der Waals surface area contributed by atoms with Crippen LogP contribution in [0, 0.1) is 5.82 Å². The van der Waals surface area contributed by atoms with Gasteiger partial charge in [0, 0.05) is 18.7 Å². The smallest absolute Gasteiger partial charge is 0.279 e. The number of hydrogen-bond donors (Lipinski definition) is 2. The maximum absolute atomic E-state index is 13.7. The summed E-state index contributed by atoms with van der Waals surface area (Å²) >= 11 is 0. The average Bonchev–Trinajstić information content (AvgIpc) is 2.78. The second-order valence-electron chi connectivity index (χ2n) is 7.74. The van der Waals surface area contributed by atoms with Crippen LogP contribution in [0.4, 0.5) is 4.39 Å². The normalized spacial score (nSPS) is 20.0. The zero-order valence-electron chi connectivity index (χ0n) is 18.4. The van der Waals surface area contributed by atoms with Crippen molar-refractivity contribution in [3.05, 3.63) is 59.9 Å². The van der Waals surface area contributed by atoms with E-state index >= 15 is 0 Å². The molecule has 2 amide bonds. The molecule has 2 aromatic carbocycles. The second-order valence-corrected chi connectivity index (χ2v) is 9.68. The number of halogens is 1. The van der Waals surface area contributed by atoms with Crippen molar-refractivity contribution in [3.8, 4) is 5.75 Å². The molecule has 9 nitrogen and oxygen atoms in total. The third-order valence-electron chi connectivity index (χ3n) is 4.93. The molecule has 1 aliphatic heterocycles. The first-order valence-electron chi connectivity index (χ1n) is 10.3. The zero-order chi connectivity index (χ0) is 24.2. The number of sulfonamides is 1. The van der Waals surface area contributed by atoms with Crippen molar-refractivity contribution in [1.29, 1.82) is 0 Å². The molecule has 3 rings (SSSR count). The van der Waals surface area contributed by atoms with Crippen LogP contribution in [-0.2, 0) is 19.6 Å². The van der Waals surface area contributed by atoms with Crippen molar-refractivity contribution < 1.29 is 31.9 Å². The number of rotatable bonds is 6. The fourth-order valence-corrected chi connectivity index (χ4v) is 4.99. The van der Waals surface area contributed by atoms with Crippen molar-refractivity contribution in [2.24, 2.45) is 0 Å². The van der Waals surface area contributed by atoms with E-state index in [0.717, 1.165) is 0 Å². The maximum atomic E-state index is 13.7. The minimum atomic E-state index is -3.84. The van der Waals surface area contributed by atoms with Gasteiger partial charge in [0.15, 0.2) is 17.7 Å². The van der Waals surface area contributed by atoms with Gasteiger partial charge in [0.25, 0.3) is 11.8 Å². The fourth-order valence-electron chi connectivity index (χ4n) is 3.35. The topological polar surface area (TPSA) is 114 Å². The molecule has 0 spiro atoms. The lowest BCUT2D eigenvalue weighted by molar-refractivity contribution is -0.128. The van der Waals surface area contributed by atoms with Crippen molar-refractivity contribution >= 4 is 21.8 Å². The highest BCUT2D eigenvalue weighted by molar-refractivity contribution is 7.89. The largest absolute Gasteiger partial charge is 0.478 e. The van der Waals surface area contributed by atoms with Crippen LogP contribution < -0.4 is 15.6 Å². The predicted octanol–water partition coefficient (Wildman–Crippen LogP) is 1.85. The lowest BCUT2D eigenvalue weighted by Gasteiger charge is -2.34. The molecule has 0 aromatic heterocycles. The van der Waals surface area contributed by atoms with Crippen molar-refractivity contribution in [3.63, 3.8) is 0 Å². The zero-order valence-corrected chi connectivity index (χ0v) is 19.3. The lowest BCUT2D eigenvalue weighted by Crippen LogP contribution is -2.48. The molecule has 1 aliphatic rings. The number of carbonyl (C=O) groups excluding carboxylic acids is 2. The minimum Gasteiger partial charge on any atom is -0.478 e. The molecule has 0 saturated carbocycles. The molecular weight excluding hydrogens is 453 g/mol. The van der Waals surface area contributed by atoms with E-state index in [0.29, 0.717) is 0 Å². The first-order chi connectivity index (χ1) is 15.6. The van der Waals surface area contributed by atoms with E-state index in [1.165, 1.54) is 53.7 Å². The summed E-state index contributed by atoms with van der Waals surface area (Å²) in [6.45, 7) is 5.40. The number of morpholine rings is 1. The third-order valence-corrected chi connectivity index (χ3v) is 6.76. The molecule has 1 fully saturated rings. The summed E-state index contributed by atoms with van der Waals surface area (Å²) in [6, 6.07) is 11.1. The van der Waals surface area contributed by atoms with Gasteiger partial charge in [-0.05, 0) is 51.1 Å². The number of para-hydroxylation sites is 1. The summed E-state index contributed by atoms with van der Waals surface area (Å²) in [5.41, 5.74) is 4.44. The van der Waals surface area contributed by atoms with Gasteiger partial charge in [0.1, 0.15) is 0 Å². The van der Waals surface area contributed by atoms with E-state index in [4.69, 9.17) is 9.47 Å².